The zero-order valence-electron chi connectivity index (χ0n) is 24.1. The molecule has 3 heterocycles. The fraction of sp³-hybridized carbons (Fsp3) is 0.562. The maximum absolute atomic E-state index is 13.8. The van der Waals surface area contributed by atoms with Crippen molar-refractivity contribution in [2.24, 2.45) is 0 Å². The van der Waals surface area contributed by atoms with Crippen LogP contribution in [0.3, 0.4) is 0 Å². The summed E-state index contributed by atoms with van der Waals surface area (Å²) in [5.41, 5.74) is 1.93. The largest absolute Gasteiger partial charge is 0.493 e. The molecule has 228 valence electrons. The van der Waals surface area contributed by atoms with Crippen molar-refractivity contribution in [3.8, 4) is 5.75 Å². The number of benzene rings is 2. The third-order valence-corrected chi connectivity index (χ3v) is 9.55. The van der Waals surface area contributed by atoms with E-state index in [1.54, 1.807) is 17.0 Å². The molecule has 1 atom stereocenters. The summed E-state index contributed by atoms with van der Waals surface area (Å²) in [6.45, 7) is 6.73. The highest BCUT2D eigenvalue weighted by molar-refractivity contribution is 6.35. The SMILES string of the molecule is O=C(N[C@H](Cc1ccc(Cl)cc1Cl)C(=O)N1CCC(c2ccc(Cl)cc2OCCCN2CCCC2)CC1)N1CCCC1. The smallest absolute Gasteiger partial charge is 0.318 e. The van der Waals surface area contributed by atoms with Gasteiger partial charge in [-0.25, -0.2) is 4.79 Å². The van der Waals surface area contributed by atoms with E-state index in [0.29, 0.717) is 54.3 Å². The number of carbonyl (C=O) groups excluding carboxylic acids is 2. The van der Waals surface area contributed by atoms with Crippen LogP contribution >= 0.6 is 34.8 Å². The fourth-order valence-electron chi connectivity index (χ4n) is 6.35. The molecule has 0 aliphatic carbocycles. The van der Waals surface area contributed by atoms with Gasteiger partial charge >= 0.3 is 6.03 Å². The lowest BCUT2D eigenvalue weighted by atomic mass is 9.88. The van der Waals surface area contributed by atoms with Gasteiger partial charge in [0.05, 0.1) is 6.61 Å². The van der Waals surface area contributed by atoms with Crippen LogP contribution in [-0.2, 0) is 11.2 Å². The van der Waals surface area contributed by atoms with E-state index in [4.69, 9.17) is 39.5 Å². The summed E-state index contributed by atoms with van der Waals surface area (Å²) in [6, 6.07) is 10.3. The summed E-state index contributed by atoms with van der Waals surface area (Å²) in [4.78, 5) is 33.0. The van der Waals surface area contributed by atoms with Gasteiger partial charge in [0.2, 0.25) is 5.91 Å². The molecule has 2 aromatic rings. The lowest BCUT2D eigenvalue weighted by Gasteiger charge is -2.35. The summed E-state index contributed by atoms with van der Waals surface area (Å²) in [6.07, 6.45) is 7.47. The topological polar surface area (TPSA) is 65.1 Å². The van der Waals surface area contributed by atoms with Gasteiger partial charge < -0.3 is 24.8 Å². The highest BCUT2D eigenvalue weighted by Gasteiger charge is 2.32. The standard InChI is InChI=1S/C32H41Cl3N4O3/c33-25-7-6-24(28(35)21-25)20-29(36-32(41)39-15-3-4-16-39)31(40)38-17-10-23(11-18-38)27-9-8-26(34)22-30(27)42-19-5-14-37-12-1-2-13-37/h6-9,21-23,29H,1-5,10-20H2,(H,36,41)/t29-/m1/s1. The Morgan fingerprint density at radius 1 is 0.857 bits per heavy atom. The Kier molecular flexibility index (Phi) is 11.2. The first kappa shape index (κ1) is 31.2. The van der Waals surface area contributed by atoms with E-state index in [-0.39, 0.29) is 17.9 Å². The molecule has 0 spiro atoms. The lowest BCUT2D eigenvalue weighted by molar-refractivity contribution is -0.134. The number of piperidine rings is 1. The Morgan fingerprint density at radius 2 is 1.52 bits per heavy atom. The van der Waals surface area contributed by atoms with Crippen LogP contribution in [-0.4, -0.2) is 85.1 Å². The van der Waals surface area contributed by atoms with Crippen molar-refractivity contribution in [2.45, 2.75) is 63.3 Å². The van der Waals surface area contributed by atoms with Gasteiger partial charge in [-0.2, -0.15) is 0 Å². The molecule has 0 bridgehead atoms. The molecule has 7 nitrogen and oxygen atoms in total. The number of hydrogen-bond donors (Lipinski definition) is 1. The molecule has 3 aliphatic rings. The van der Waals surface area contributed by atoms with Crippen LogP contribution in [0.15, 0.2) is 36.4 Å². The van der Waals surface area contributed by atoms with Gasteiger partial charge in [-0.15, -0.1) is 0 Å². The van der Waals surface area contributed by atoms with Crippen molar-refractivity contribution in [2.75, 3.05) is 52.4 Å². The summed E-state index contributed by atoms with van der Waals surface area (Å²) >= 11 is 18.9. The minimum absolute atomic E-state index is 0.0819. The number of ether oxygens (including phenoxy) is 1. The Morgan fingerprint density at radius 3 is 2.24 bits per heavy atom. The molecule has 3 amide bonds. The molecule has 2 aromatic carbocycles. The Hall–Kier alpha value is -2.19. The number of nitrogens with zero attached hydrogens (tertiary/aromatic N) is 3. The molecule has 0 radical (unpaired) electrons. The van der Waals surface area contributed by atoms with Crippen LogP contribution in [0, 0.1) is 0 Å². The van der Waals surface area contributed by atoms with Crippen LogP contribution in [0.1, 0.15) is 62.0 Å². The third-order valence-electron chi connectivity index (χ3n) is 8.73. The third kappa shape index (κ3) is 8.25. The number of hydrogen-bond acceptors (Lipinski definition) is 4. The van der Waals surface area contributed by atoms with E-state index in [9.17, 15) is 9.59 Å². The first-order valence-corrected chi connectivity index (χ1v) is 16.4. The fourth-order valence-corrected chi connectivity index (χ4v) is 6.99. The van der Waals surface area contributed by atoms with Crippen LogP contribution in [0.4, 0.5) is 4.79 Å². The van der Waals surface area contributed by atoms with Gasteiger partial charge in [0.25, 0.3) is 0 Å². The van der Waals surface area contributed by atoms with Crippen LogP contribution in [0.25, 0.3) is 0 Å². The number of urea groups is 1. The molecule has 5 rings (SSSR count). The van der Waals surface area contributed by atoms with Crippen LogP contribution < -0.4 is 10.1 Å². The van der Waals surface area contributed by atoms with Crippen molar-refractivity contribution in [3.63, 3.8) is 0 Å². The zero-order valence-corrected chi connectivity index (χ0v) is 26.4. The Balaban J connectivity index is 1.21. The molecule has 3 fully saturated rings. The predicted molar refractivity (Wildman–Crippen MR) is 169 cm³/mol. The highest BCUT2D eigenvalue weighted by atomic mass is 35.5. The molecule has 3 saturated heterocycles. The molecular formula is C32H41Cl3N4O3. The monoisotopic (exact) mass is 634 g/mol. The molecule has 0 aromatic heterocycles. The molecular weight excluding hydrogens is 595 g/mol. The van der Waals surface area contributed by atoms with Gasteiger partial charge in [-0.05, 0) is 99.3 Å². The van der Waals surface area contributed by atoms with Crippen molar-refractivity contribution >= 4 is 46.7 Å². The van der Waals surface area contributed by atoms with Crippen molar-refractivity contribution < 1.29 is 14.3 Å². The zero-order chi connectivity index (χ0) is 29.5. The van der Waals surface area contributed by atoms with Gasteiger partial charge in [-0.3, -0.25) is 4.79 Å². The maximum atomic E-state index is 13.8. The van der Waals surface area contributed by atoms with Gasteiger partial charge in [0.1, 0.15) is 11.8 Å². The van der Waals surface area contributed by atoms with E-state index in [1.807, 2.05) is 23.1 Å². The number of likely N-dealkylation sites (tertiary alicyclic amines) is 3. The number of nitrogens with one attached hydrogen (secondary N) is 1. The molecule has 10 heteroatoms. The van der Waals surface area contributed by atoms with Crippen LogP contribution in [0.5, 0.6) is 5.75 Å². The van der Waals surface area contributed by atoms with Gasteiger partial charge in [0, 0.05) is 54.2 Å². The summed E-state index contributed by atoms with van der Waals surface area (Å²) in [5.74, 6) is 1.03. The average molecular weight is 636 g/mol. The first-order chi connectivity index (χ1) is 20.4. The van der Waals surface area contributed by atoms with Crippen molar-refractivity contribution in [1.82, 2.24) is 20.0 Å². The quantitative estimate of drug-likeness (QED) is 0.298. The second kappa shape index (κ2) is 15.0. The molecule has 0 saturated carbocycles. The summed E-state index contributed by atoms with van der Waals surface area (Å²) in [5, 5.41) is 4.71. The first-order valence-electron chi connectivity index (χ1n) is 15.3. The number of carbonyl (C=O) groups is 2. The molecule has 42 heavy (non-hydrogen) atoms. The average Bonchev–Trinajstić information content (AvgIpc) is 3.71. The summed E-state index contributed by atoms with van der Waals surface area (Å²) in [7, 11) is 0. The van der Waals surface area contributed by atoms with E-state index in [0.717, 1.165) is 55.5 Å². The maximum Gasteiger partial charge on any atom is 0.318 e. The normalized spacial score (nSPS) is 18.8. The molecule has 1 N–H and O–H groups in total. The van der Waals surface area contributed by atoms with Crippen molar-refractivity contribution in [3.05, 3.63) is 62.6 Å². The number of halogens is 3. The van der Waals surface area contributed by atoms with E-state index in [2.05, 4.69) is 16.3 Å². The Bertz CT molecular complexity index is 1230. The molecule has 3 aliphatic heterocycles. The van der Waals surface area contributed by atoms with Gasteiger partial charge in [0.15, 0.2) is 0 Å². The van der Waals surface area contributed by atoms with Crippen LogP contribution in [0.2, 0.25) is 15.1 Å². The predicted octanol–water partition coefficient (Wildman–Crippen LogP) is 6.63. The van der Waals surface area contributed by atoms with Crippen molar-refractivity contribution in [1.29, 1.82) is 0 Å². The van der Waals surface area contributed by atoms with Gasteiger partial charge in [-0.1, -0.05) is 46.9 Å². The van der Waals surface area contributed by atoms with E-state index < -0.39 is 6.04 Å². The Labute approximate surface area is 264 Å². The second-order valence-corrected chi connectivity index (χ2v) is 12.9. The van der Waals surface area contributed by atoms with E-state index in [1.165, 1.54) is 25.9 Å². The lowest BCUT2D eigenvalue weighted by Crippen LogP contribution is -2.54. The molecule has 0 unspecified atom stereocenters. The minimum Gasteiger partial charge on any atom is -0.493 e. The minimum atomic E-state index is -0.710. The van der Waals surface area contributed by atoms with E-state index >= 15 is 0 Å². The summed E-state index contributed by atoms with van der Waals surface area (Å²) < 4.78 is 6.26. The number of rotatable bonds is 10. The second-order valence-electron chi connectivity index (χ2n) is 11.7. The number of amides is 3. The highest BCUT2D eigenvalue weighted by Crippen LogP contribution is 2.36.